The summed E-state index contributed by atoms with van der Waals surface area (Å²) in [6.45, 7) is 1.19. The van der Waals surface area contributed by atoms with E-state index in [4.69, 9.17) is 60.6 Å². The first-order chi connectivity index (χ1) is 17.6. The smallest absolute Gasteiger partial charge is 0.329 e. The van der Waals surface area contributed by atoms with Gasteiger partial charge in [-0.15, -0.1) is 0 Å². The molecule has 37 heavy (non-hydrogen) atoms. The van der Waals surface area contributed by atoms with Crippen LogP contribution >= 0.6 is 46.4 Å². The number of imide groups is 1. The number of fused-ring (bicyclic) bond motifs is 1. The molecule has 198 valence electrons. The highest BCUT2D eigenvalue weighted by Gasteiger charge is 2.47. The van der Waals surface area contributed by atoms with Crippen LogP contribution in [0.5, 0.6) is 11.5 Å². The van der Waals surface area contributed by atoms with Crippen molar-refractivity contribution in [3.63, 3.8) is 0 Å². The number of carbonyl (C=O) groups is 4. The van der Waals surface area contributed by atoms with Gasteiger partial charge in [-0.05, 0) is 18.6 Å². The minimum atomic E-state index is -1.33. The van der Waals surface area contributed by atoms with Crippen LogP contribution in [0.3, 0.4) is 0 Å². The van der Waals surface area contributed by atoms with Crippen LogP contribution in [0.4, 0.5) is 5.69 Å². The highest BCUT2D eigenvalue weighted by atomic mass is 35.5. The number of carbonyl (C=O) groups excluding carboxylic acids is 4. The quantitative estimate of drug-likeness (QED) is 0.164. The third kappa shape index (κ3) is 5.75. The van der Waals surface area contributed by atoms with Gasteiger partial charge >= 0.3 is 5.97 Å². The van der Waals surface area contributed by atoms with Gasteiger partial charge in [-0.1, -0.05) is 66.2 Å². The molecular weight excluding hydrogens is 570 g/mol. The molecule has 0 unspecified atom stereocenters. The lowest BCUT2D eigenvalue weighted by Gasteiger charge is -2.24. The average Bonchev–Trinajstić information content (AvgIpc) is 3.15. The fourth-order valence-electron chi connectivity index (χ4n) is 3.72. The van der Waals surface area contributed by atoms with Crippen molar-refractivity contribution in [1.29, 1.82) is 0 Å². The molecule has 0 radical (unpaired) electrons. The molecule has 2 aromatic rings. The van der Waals surface area contributed by atoms with Crippen molar-refractivity contribution >= 4 is 75.8 Å². The molecule has 3 rings (SSSR count). The van der Waals surface area contributed by atoms with E-state index >= 15 is 0 Å². The lowest BCUT2D eigenvalue weighted by Crippen LogP contribution is -2.46. The molecule has 1 aliphatic heterocycles. The van der Waals surface area contributed by atoms with Crippen molar-refractivity contribution in [2.45, 2.75) is 32.2 Å². The number of unbranched alkanes of at least 4 members (excludes halogenated alkanes) is 1. The predicted molar refractivity (Wildman–Crippen MR) is 139 cm³/mol. The molecule has 0 fully saturated rings. The number of amides is 3. The highest BCUT2D eigenvalue weighted by Crippen LogP contribution is 2.45. The van der Waals surface area contributed by atoms with Crippen LogP contribution < -0.4 is 14.8 Å². The van der Waals surface area contributed by atoms with Gasteiger partial charge in [-0.25, -0.2) is 4.79 Å². The van der Waals surface area contributed by atoms with Gasteiger partial charge in [0.05, 0.1) is 51.1 Å². The van der Waals surface area contributed by atoms with Gasteiger partial charge in [0.25, 0.3) is 17.7 Å². The first kappa shape index (κ1) is 28.8. The van der Waals surface area contributed by atoms with Gasteiger partial charge in [-0.2, -0.15) is 0 Å². The summed E-state index contributed by atoms with van der Waals surface area (Å²) in [5, 5.41) is 1.70. The van der Waals surface area contributed by atoms with Crippen LogP contribution in [0.25, 0.3) is 0 Å². The SMILES string of the molecule is CCCC[C@H](C(=O)OCC(=O)Nc1ccc(OC)cc1OC)N1C(=O)c2c(Cl)c(Cl)c(Cl)c(Cl)c2C1=O. The van der Waals surface area contributed by atoms with E-state index in [0.29, 0.717) is 30.0 Å². The van der Waals surface area contributed by atoms with Crippen LogP contribution in [0, 0.1) is 0 Å². The number of anilines is 1. The average molecular weight is 592 g/mol. The summed E-state index contributed by atoms with van der Waals surface area (Å²) in [6.07, 6.45) is 1.22. The molecule has 0 bridgehead atoms. The van der Waals surface area contributed by atoms with E-state index in [9.17, 15) is 19.2 Å². The molecule has 3 amide bonds. The number of ether oxygens (including phenoxy) is 3. The zero-order chi connectivity index (χ0) is 27.4. The van der Waals surface area contributed by atoms with Crippen LogP contribution in [0.2, 0.25) is 20.1 Å². The summed E-state index contributed by atoms with van der Waals surface area (Å²) >= 11 is 24.5. The minimum Gasteiger partial charge on any atom is -0.497 e. The number of methoxy groups -OCH3 is 2. The summed E-state index contributed by atoms with van der Waals surface area (Å²) in [5.41, 5.74) is -0.167. The number of hydrogen-bond acceptors (Lipinski definition) is 7. The molecular formula is C24H22Cl4N2O7. The number of rotatable bonds is 10. The Labute approximate surface area is 232 Å². The largest absolute Gasteiger partial charge is 0.497 e. The van der Waals surface area contributed by atoms with Crippen molar-refractivity contribution in [3.8, 4) is 11.5 Å². The van der Waals surface area contributed by atoms with E-state index in [-0.39, 0.29) is 37.6 Å². The van der Waals surface area contributed by atoms with Crippen molar-refractivity contribution in [2.24, 2.45) is 0 Å². The Balaban J connectivity index is 1.79. The normalized spacial score (nSPS) is 13.3. The van der Waals surface area contributed by atoms with Gasteiger partial charge in [0.2, 0.25) is 0 Å². The molecule has 0 saturated carbocycles. The van der Waals surface area contributed by atoms with E-state index in [0.717, 1.165) is 4.90 Å². The molecule has 2 aromatic carbocycles. The lowest BCUT2D eigenvalue weighted by atomic mass is 10.1. The zero-order valence-electron chi connectivity index (χ0n) is 20.0. The Hall–Kier alpha value is -2.72. The van der Waals surface area contributed by atoms with Crippen molar-refractivity contribution in [1.82, 2.24) is 4.90 Å². The van der Waals surface area contributed by atoms with Crippen LogP contribution in [0.15, 0.2) is 18.2 Å². The molecule has 1 N–H and O–H groups in total. The second-order valence-corrected chi connectivity index (χ2v) is 9.38. The molecule has 0 saturated heterocycles. The van der Waals surface area contributed by atoms with E-state index in [1.807, 2.05) is 6.92 Å². The number of hydrogen-bond donors (Lipinski definition) is 1. The third-order valence-corrected chi connectivity index (χ3v) is 7.38. The summed E-state index contributed by atoms with van der Waals surface area (Å²) in [4.78, 5) is 52.6. The Morgan fingerprint density at radius 2 is 1.54 bits per heavy atom. The second-order valence-electron chi connectivity index (χ2n) is 7.87. The number of nitrogens with zero attached hydrogens (tertiary/aromatic N) is 1. The molecule has 1 heterocycles. The summed E-state index contributed by atoms with van der Waals surface area (Å²) in [7, 11) is 2.91. The molecule has 0 spiro atoms. The van der Waals surface area contributed by atoms with Gasteiger partial charge in [0.15, 0.2) is 6.61 Å². The standard InChI is InChI=1S/C24H22Cl4N2O7/c1-4-5-6-13(30-22(32)16-17(23(30)33)19(26)21(28)20(27)18(16)25)24(34)37-10-15(31)29-12-8-7-11(35-2)9-14(12)36-3/h7-9,13H,4-6,10H2,1-3H3,(H,29,31)/t13-/m1/s1. The van der Waals surface area contributed by atoms with Gasteiger partial charge < -0.3 is 19.5 Å². The van der Waals surface area contributed by atoms with E-state index in [2.05, 4.69) is 5.32 Å². The van der Waals surface area contributed by atoms with Crippen molar-refractivity contribution in [2.75, 3.05) is 26.1 Å². The van der Waals surface area contributed by atoms with E-state index in [1.165, 1.54) is 14.2 Å². The maximum absolute atomic E-state index is 13.2. The summed E-state index contributed by atoms with van der Waals surface area (Å²) in [6, 6.07) is 3.41. The second kappa shape index (κ2) is 12.2. The fourth-order valence-corrected chi connectivity index (χ4v) is 4.73. The number of halogens is 4. The van der Waals surface area contributed by atoms with Crippen LogP contribution in [-0.4, -0.2) is 55.5 Å². The zero-order valence-corrected chi connectivity index (χ0v) is 23.0. The monoisotopic (exact) mass is 590 g/mol. The van der Waals surface area contributed by atoms with Crippen LogP contribution in [-0.2, 0) is 14.3 Å². The molecule has 1 aliphatic rings. The highest BCUT2D eigenvalue weighted by molar-refractivity contribution is 6.55. The number of benzene rings is 2. The first-order valence-electron chi connectivity index (χ1n) is 11.0. The first-order valence-corrected chi connectivity index (χ1v) is 12.5. The third-order valence-electron chi connectivity index (χ3n) is 5.58. The van der Waals surface area contributed by atoms with Crippen molar-refractivity contribution < 1.29 is 33.4 Å². The lowest BCUT2D eigenvalue weighted by molar-refractivity contribution is -0.151. The fraction of sp³-hybridized carbons (Fsp3) is 0.333. The summed E-state index contributed by atoms with van der Waals surface area (Å²) < 4.78 is 15.5. The summed E-state index contributed by atoms with van der Waals surface area (Å²) in [5.74, 6) is -2.50. The maximum Gasteiger partial charge on any atom is 0.329 e. The van der Waals surface area contributed by atoms with Gasteiger partial charge in [0.1, 0.15) is 17.5 Å². The Bertz CT molecular complexity index is 1220. The van der Waals surface area contributed by atoms with Gasteiger partial charge in [0, 0.05) is 6.07 Å². The van der Waals surface area contributed by atoms with Crippen LogP contribution in [0.1, 0.15) is 46.9 Å². The number of esters is 1. The number of nitrogens with one attached hydrogen (secondary N) is 1. The molecule has 9 nitrogen and oxygen atoms in total. The maximum atomic E-state index is 13.2. The van der Waals surface area contributed by atoms with Gasteiger partial charge in [-0.3, -0.25) is 19.3 Å². The Morgan fingerprint density at radius 3 is 2.05 bits per heavy atom. The Morgan fingerprint density at radius 1 is 0.946 bits per heavy atom. The topological polar surface area (TPSA) is 111 Å². The Kier molecular flexibility index (Phi) is 9.52. The minimum absolute atomic E-state index is 0.0887. The molecule has 0 aliphatic carbocycles. The van der Waals surface area contributed by atoms with E-state index < -0.39 is 36.3 Å². The van der Waals surface area contributed by atoms with E-state index in [1.54, 1.807) is 18.2 Å². The molecule has 1 atom stereocenters. The molecule has 13 heteroatoms. The predicted octanol–water partition coefficient (Wildman–Crippen LogP) is 5.65. The molecule has 0 aromatic heterocycles. The van der Waals surface area contributed by atoms with Crippen molar-refractivity contribution in [3.05, 3.63) is 49.4 Å².